The Labute approximate surface area is 158 Å². The number of hydrogen-bond donors (Lipinski definition) is 1. The Kier molecular flexibility index (Phi) is 5.93. The number of pyridine rings is 1. The highest BCUT2D eigenvalue weighted by molar-refractivity contribution is 8.00. The zero-order valence-electron chi connectivity index (χ0n) is 15.1. The molecule has 3 rings (SSSR count). The van der Waals surface area contributed by atoms with E-state index in [4.69, 9.17) is 0 Å². The first-order chi connectivity index (χ1) is 12.6. The summed E-state index contributed by atoms with van der Waals surface area (Å²) in [6.07, 6.45) is 3.79. The van der Waals surface area contributed by atoms with Crippen LogP contribution in [0.1, 0.15) is 31.7 Å². The van der Waals surface area contributed by atoms with Gasteiger partial charge >= 0.3 is 0 Å². The van der Waals surface area contributed by atoms with Gasteiger partial charge in [-0.15, -0.1) is 0 Å². The van der Waals surface area contributed by atoms with Crippen LogP contribution in [0.4, 0.5) is 11.4 Å². The quantitative estimate of drug-likeness (QED) is 0.835. The second-order valence-corrected chi connectivity index (χ2v) is 7.59. The second-order valence-electron chi connectivity index (χ2n) is 6.40. The van der Waals surface area contributed by atoms with E-state index in [0.717, 1.165) is 34.8 Å². The SMILES string of the molecule is CCCCN1C(=O)[C@H](CC(=O)Nc2cccc(C)c2)Sc2ncccc21. The third-order valence-corrected chi connectivity index (χ3v) is 5.44. The molecule has 2 heterocycles. The van der Waals surface area contributed by atoms with Crippen LogP contribution in [0.15, 0.2) is 47.6 Å². The van der Waals surface area contributed by atoms with Gasteiger partial charge in [0.1, 0.15) is 5.03 Å². The number of thioether (sulfide) groups is 1. The van der Waals surface area contributed by atoms with Gasteiger partial charge in [0.25, 0.3) is 0 Å². The van der Waals surface area contributed by atoms with Gasteiger partial charge in [-0.2, -0.15) is 0 Å². The minimum atomic E-state index is -0.445. The predicted molar refractivity (Wildman–Crippen MR) is 106 cm³/mol. The van der Waals surface area contributed by atoms with E-state index in [1.165, 1.54) is 11.8 Å². The molecule has 1 aliphatic heterocycles. The van der Waals surface area contributed by atoms with Crippen LogP contribution in [-0.2, 0) is 9.59 Å². The molecule has 0 fully saturated rings. The van der Waals surface area contributed by atoms with Gasteiger partial charge in [0.15, 0.2) is 0 Å². The standard InChI is InChI=1S/C20H23N3O2S/c1-3-4-11-23-16-9-6-10-21-19(16)26-17(20(23)25)13-18(24)22-15-8-5-7-14(2)12-15/h5-10,12,17H,3-4,11,13H2,1-2H3,(H,22,24)/t17-/m0/s1. The normalized spacial score (nSPS) is 16.3. The Morgan fingerprint density at radius 3 is 2.92 bits per heavy atom. The summed E-state index contributed by atoms with van der Waals surface area (Å²) in [4.78, 5) is 31.6. The summed E-state index contributed by atoms with van der Waals surface area (Å²) in [5.74, 6) is -0.167. The molecule has 0 aliphatic carbocycles. The summed E-state index contributed by atoms with van der Waals surface area (Å²) in [6.45, 7) is 4.73. The van der Waals surface area contributed by atoms with E-state index in [1.807, 2.05) is 43.3 Å². The van der Waals surface area contributed by atoms with E-state index in [0.29, 0.717) is 6.54 Å². The zero-order valence-corrected chi connectivity index (χ0v) is 15.9. The highest BCUT2D eigenvalue weighted by Crippen LogP contribution is 2.38. The van der Waals surface area contributed by atoms with Crippen LogP contribution in [0.2, 0.25) is 0 Å². The molecule has 0 radical (unpaired) electrons. The molecule has 5 nitrogen and oxygen atoms in total. The molecule has 0 unspecified atom stereocenters. The molecule has 0 bridgehead atoms. The monoisotopic (exact) mass is 369 g/mol. The Morgan fingerprint density at radius 2 is 2.15 bits per heavy atom. The summed E-state index contributed by atoms with van der Waals surface area (Å²) in [7, 11) is 0. The van der Waals surface area contributed by atoms with Gasteiger partial charge in [0.2, 0.25) is 11.8 Å². The lowest BCUT2D eigenvalue weighted by Gasteiger charge is -2.32. The summed E-state index contributed by atoms with van der Waals surface area (Å²) < 4.78 is 0. The largest absolute Gasteiger partial charge is 0.326 e. The van der Waals surface area contributed by atoms with Gasteiger partial charge < -0.3 is 10.2 Å². The van der Waals surface area contributed by atoms with E-state index in [9.17, 15) is 9.59 Å². The summed E-state index contributed by atoms with van der Waals surface area (Å²) >= 11 is 1.38. The van der Waals surface area contributed by atoms with E-state index >= 15 is 0 Å². The van der Waals surface area contributed by atoms with E-state index < -0.39 is 5.25 Å². The van der Waals surface area contributed by atoms with Crippen LogP contribution < -0.4 is 10.2 Å². The fourth-order valence-electron chi connectivity index (χ4n) is 2.94. The molecule has 26 heavy (non-hydrogen) atoms. The summed E-state index contributed by atoms with van der Waals surface area (Å²) in [5.41, 5.74) is 2.69. The molecule has 136 valence electrons. The fourth-order valence-corrected chi connectivity index (χ4v) is 4.09. The van der Waals surface area contributed by atoms with Crippen molar-refractivity contribution in [3.8, 4) is 0 Å². The van der Waals surface area contributed by atoms with Crippen LogP contribution >= 0.6 is 11.8 Å². The number of nitrogens with zero attached hydrogens (tertiary/aromatic N) is 2. The van der Waals surface area contributed by atoms with Crippen LogP contribution in [0.5, 0.6) is 0 Å². The number of fused-ring (bicyclic) bond motifs is 1. The molecule has 0 saturated heterocycles. The number of aromatic nitrogens is 1. The third-order valence-electron chi connectivity index (χ3n) is 4.25. The molecule has 1 N–H and O–H groups in total. The first-order valence-corrected chi connectivity index (χ1v) is 9.76. The van der Waals surface area contributed by atoms with Crippen molar-refractivity contribution in [1.29, 1.82) is 0 Å². The minimum absolute atomic E-state index is 0.0108. The predicted octanol–water partition coefficient (Wildman–Crippen LogP) is 4.03. The van der Waals surface area contributed by atoms with Crippen molar-refractivity contribution in [2.75, 3.05) is 16.8 Å². The molecule has 2 aromatic rings. The van der Waals surface area contributed by atoms with Crippen molar-refractivity contribution in [1.82, 2.24) is 4.98 Å². The Balaban J connectivity index is 1.73. The Bertz CT molecular complexity index is 809. The smallest absolute Gasteiger partial charge is 0.241 e. The number of benzene rings is 1. The zero-order chi connectivity index (χ0) is 18.5. The molecule has 6 heteroatoms. The lowest BCUT2D eigenvalue weighted by atomic mass is 10.2. The van der Waals surface area contributed by atoms with E-state index in [1.54, 1.807) is 11.1 Å². The van der Waals surface area contributed by atoms with Crippen molar-refractivity contribution in [2.24, 2.45) is 0 Å². The minimum Gasteiger partial charge on any atom is -0.326 e. The molecular weight excluding hydrogens is 346 g/mol. The van der Waals surface area contributed by atoms with Gasteiger partial charge in [0.05, 0.1) is 10.9 Å². The molecule has 0 saturated carbocycles. The number of anilines is 2. The average molecular weight is 369 g/mol. The maximum absolute atomic E-state index is 12.9. The van der Waals surface area contributed by atoms with Gasteiger partial charge in [-0.05, 0) is 43.2 Å². The second kappa shape index (κ2) is 8.36. The number of hydrogen-bond acceptors (Lipinski definition) is 4. The van der Waals surface area contributed by atoms with E-state index in [2.05, 4.69) is 17.2 Å². The van der Waals surface area contributed by atoms with Crippen LogP contribution in [-0.4, -0.2) is 28.6 Å². The van der Waals surface area contributed by atoms with Gasteiger partial charge in [-0.3, -0.25) is 9.59 Å². The lowest BCUT2D eigenvalue weighted by Crippen LogP contribution is -2.43. The van der Waals surface area contributed by atoms with Crippen molar-refractivity contribution in [3.05, 3.63) is 48.2 Å². The number of aryl methyl sites for hydroxylation is 1. The maximum Gasteiger partial charge on any atom is 0.241 e. The molecule has 2 amide bonds. The van der Waals surface area contributed by atoms with Gasteiger partial charge in [-0.1, -0.05) is 37.2 Å². The molecule has 1 aromatic carbocycles. The Morgan fingerprint density at radius 1 is 1.31 bits per heavy atom. The number of carbonyl (C=O) groups excluding carboxylic acids is 2. The number of amides is 2. The Hall–Kier alpha value is -2.34. The van der Waals surface area contributed by atoms with Crippen LogP contribution in [0.25, 0.3) is 0 Å². The summed E-state index contributed by atoms with van der Waals surface area (Å²) in [5, 5.41) is 3.26. The van der Waals surface area contributed by atoms with Crippen LogP contribution in [0, 0.1) is 6.92 Å². The third kappa shape index (κ3) is 4.25. The lowest BCUT2D eigenvalue weighted by molar-refractivity contribution is -0.122. The maximum atomic E-state index is 12.9. The highest BCUT2D eigenvalue weighted by atomic mass is 32.2. The first kappa shape index (κ1) is 18.5. The number of unbranched alkanes of at least 4 members (excludes halogenated alkanes) is 1. The summed E-state index contributed by atoms with van der Waals surface area (Å²) in [6, 6.07) is 11.4. The average Bonchev–Trinajstić information content (AvgIpc) is 2.62. The van der Waals surface area contributed by atoms with Crippen molar-refractivity contribution in [2.45, 2.75) is 43.4 Å². The number of rotatable bonds is 6. The fraction of sp³-hybridized carbons (Fsp3) is 0.350. The van der Waals surface area contributed by atoms with Crippen molar-refractivity contribution < 1.29 is 9.59 Å². The first-order valence-electron chi connectivity index (χ1n) is 8.88. The highest BCUT2D eigenvalue weighted by Gasteiger charge is 2.35. The van der Waals surface area contributed by atoms with Crippen molar-refractivity contribution in [3.63, 3.8) is 0 Å². The number of carbonyl (C=O) groups is 2. The van der Waals surface area contributed by atoms with Gasteiger partial charge in [0, 0.05) is 24.8 Å². The molecule has 1 atom stereocenters. The molecule has 0 spiro atoms. The van der Waals surface area contributed by atoms with Crippen molar-refractivity contribution >= 4 is 35.0 Å². The molecule has 1 aromatic heterocycles. The van der Waals surface area contributed by atoms with Crippen LogP contribution in [0.3, 0.4) is 0 Å². The number of nitrogens with one attached hydrogen (secondary N) is 1. The topological polar surface area (TPSA) is 62.3 Å². The molecular formula is C20H23N3O2S. The van der Waals surface area contributed by atoms with Gasteiger partial charge in [-0.25, -0.2) is 4.98 Å². The molecule has 1 aliphatic rings. The van der Waals surface area contributed by atoms with E-state index in [-0.39, 0.29) is 18.2 Å².